The van der Waals surface area contributed by atoms with Crippen LogP contribution in [-0.4, -0.2) is 22.2 Å². The van der Waals surface area contributed by atoms with Crippen molar-refractivity contribution in [1.29, 1.82) is 0 Å². The van der Waals surface area contributed by atoms with Crippen molar-refractivity contribution in [2.75, 3.05) is 5.75 Å². The highest BCUT2D eigenvalue weighted by atomic mass is 32.2. The average molecular weight is 160 g/mol. The van der Waals surface area contributed by atoms with Crippen LogP contribution in [0.15, 0.2) is 0 Å². The molecule has 0 spiro atoms. The van der Waals surface area contributed by atoms with E-state index in [0.29, 0.717) is 5.25 Å². The van der Waals surface area contributed by atoms with Crippen molar-refractivity contribution in [3.63, 3.8) is 0 Å². The van der Waals surface area contributed by atoms with Gasteiger partial charge >= 0.3 is 0 Å². The molecule has 1 rings (SSSR count). The Labute approximate surface area is 67.2 Å². The fraction of sp³-hybridized carbons (Fsp3) is 1.00. The van der Waals surface area contributed by atoms with Crippen LogP contribution in [0.25, 0.3) is 0 Å². The summed E-state index contributed by atoms with van der Waals surface area (Å²) in [5, 5.41) is 9.94. The molecule has 0 aromatic carbocycles. The molecule has 1 saturated heterocycles. The SMILES string of the molecule is CC(C)C[C@@H]1SCC[C@@H]1O. The smallest absolute Gasteiger partial charge is 0.0666 e. The molecule has 0 saturated carbocycles. The summed E-state index contributed by atoms with van der Waals surface area (Å²) in [6.45, 7) is 4.43. The van der Waals surface area contributed by atoms with Gasteiger partial charge in [0.2, 0.25) is 0 Å². The highest BCUT2D eigenvalue weighted by molar-refractivity contribution is 8.00. The van der Waals surface area contributed by atoms with E-state index in [0.717, 1.165) is 18.1 Å². The van der Waals surface area contributed by atoms with Crippen LogP contribution >= 0.6 is 11.8 Å². The second kappa shape index (κ2) is 3.63. The van der Waals surface area contributed by atoms with Gasteiger partial charge in [0.15, 0.2) is 0 Å². The Balaban J connectivity index is 2.26. The van der Waals surface area contributed by atoms with E-state index in [1.807, 2.05) is 11.8 Å². The van der Waals surface area contributed by atoms with E-state index in [2.05, 4.69) is 13.8 Å². The fourth-order valence-electron chi connectivity index (χ4n) is 1.33. The van der Waals surface area contributed by atoms with E-state index in [4.69, 9.17) is 0 Å². The maximum absolute atomic E-state index is 9.42. The molecular weight excluding hydrogens is 144 g/mol. The molecule has 2 heteroatoms. The Kier molecular flexibility index (Phi) is 3.05. The van der Waals surface area contributed by atoms with E-state index in [1.165, 1.54) is 6.42 Å². The summed E-state index contributed by atoms with van der Waals surface area (Å²) in [6, 6.07) is 0. The summed E-state index contributed by atoms with van der Waals surface area (Å²) in [6.07, 6.45) is 2.15. The van der Waals surface area contributed by atoms with Gasteiger partial charge < -0.3 is 5.11 Å². The first-order valence-corrected chi connectivity index (χ1v) is 5.04. The van der Waals surface area contributed by atoms with Crippen LogP contribution < -0.4 is 0 Å². The molecule has 1 aliphatic rings. The predicted molar refractivity (Wildman–Crippen MR) is 46.3 cm³/mol. The van der Waals surface area contributed by atoms with Crippen LogP contribution in [0.2, 0.25) is 0 Å². The second-order valence-corrected chi connectivity index (χ2v) is 4.74. The van der Waals surface area contributed by atoms with Gasteiger partial charge in [-0.15, -0.1) is 0 Å². The van der Waals surface area contributed by atoms with Crippen LogP contribution in [0.5, 0.6) is 0 Å². The van der Waals surface area contributed by atoms with Gasteiger partial charge in [-0.2, -0.15) is 11.8 Å². The summed E-state index contributed by atoms with van der Waals surface area (Å²) in [7, 11) is 0. The van der Waals surface area contributed by atoms with Gasteiger partial charge in [0.1, 0.15) is 0 Å². The van der Waals surface area contributed by atoms with E-state index >= 15 is 0 Å². The second-order valence-electron chi connectivity index (χ2n) is 3.39. The quantitative estimate of drug-likeness (QED) is 0.666. The van der Waals surface area contributed by atoms with Gasteiger partial charge in [-0.3, -0.25) is 0 Å². The maximum Gasteiger partial charge on any atom is 0.0666 e. The summed E-state index contributed by atoms with van der Waals surface area (Å²) >= 11 is 1.93. The lowest BCUT2D eigenvalue weighted by Gasteiger charge is -2.14. The average Bonchev–Trinajstić information content (AvgIpc) is 2.15. The molecule has 0 bridgehead atoms. The third kappa shape index (κ3) is 2.17. The number of hydrogen-bond acceptors (Lipinski definition) is 2. The van der Waals surface area contributed by atoms with Crippen LogP contribution in [-0.2, 0) is 0 Å². The number of thioether (sulfide) groups is 1. The van der Waals surface area contributed by atoms with Crippen molar-refractivity contribution >= 4 is 11.8 Å². The normalized spacial score (nSPS) is 33.6. The Morgan fingerprint density at radius 3 is 2.70 bits per heavy atom. The van der Waals surface area contributed by atoms with E-state index in [-0.39, 0.29) is 6.10 Å². The van der Waals surface area contributed by atoms with Crippen molar-refractivity contribution in [1.82, 2.24) is 0 Å². The first-order chi connectivity index (χ1) is 4.70. The third-order valence-electron chi connectivity index (χ3n) is 1.88. The molecule has 1 nitrogen and oxygen atoms in total. The minimum atomic E-state index is -0.0209. The van der Waals surface area contributed by atoms with E-state index in [1.54, 1.807) is 0 Å². The summed E-state index contributed by atoms with van der Waals surface area (Å²) in [5.74, 6) is 1.88. The Hall–Kier alpha value is 0.310. The minimum Gasteiger partial charge on any atom is -0.392 e. The zero-order valence-corrected chi connectivity index (χ0v) is 7.53. The monoisotopic (exact) mass is 160 g/mol. The molecule has 0 aliphatic carbocycles. The number of rotatable bonds is 2. The largest absolute Gasteiger partial charge is 0.392 e. The molecule has 2 atom stereocenters. The van der Waals surface area contributed by atoms with Crippen molar-refractivity contribution in [2.24, 2.45) is 5.92 Å². The van der Waals surface area contributed by atoms with Gasteiger partial charge in [0.05, 0.1) is 6.10 Å². The van der Waals surface area contributed by atoms with Gasteiger partial charge in [0.25, 0.3) is 0 Å². The van der Waals surface area contributed by atoms with Crippen LogP contribution in [0, 0.1) is 5.92 Å². The molecule has 1 N–H and O–H groups in total. The molecular formula is C8H16OS. The highest BCUT2D eigenvalue weighted by Gasteiger charge is 2.25. The summed E-state index contributed by atoms with van der Waals surface area (Å²) in [5.41, 5.74) is 0. The predicted octanol–water partition coefficient (Wildman–Crippen LogP) is 1.90. The van der Waals surface area contributed by atoms with Gasteiger partial charge in [-0.1, -0.05) is 13.8 Å². The first-order valence-electron chi connectivity index (χ1n) is 4.00. The topological polar surface area (TPSA) is 20.2 Å². The van der Waals surface area contributed by atoms with Crippen LogP contribution in [0.4, 0.5) is 0 Å². The fourth-order valence-corrected chi connectivity index (χ4v) is 2.89. The van der Waals surface area contributed by atoms with Crippen molar-refractivity contribution in [2.45, 2.75) is 38.0 Å². The molecule has 0 aromatic rings. The molecule has 10 heavy (non-hydrogen) atoms. The highest BCUT2D eigenvalue weighted by Crippen LogP contribution is 2.31. The Bertz CT molecular complexity index is 103. The lowest BCUT2D eigenvalue weighted by atomic mass is 10.0. The third-order valence-corrected chi connectivity index (χ3v) is 3.28. The van der Waals surface area contributed by atoms with E-state index in [9.17, 15) is 5.11 Å². The number of aliphatic hydroxyl groups is 1. The lowest BCUT2D eigenvalue weighted by Crippen LogP contribution is -2.18. The maximum atomic E-state index is 9.42. The molecule has 1 aliphatic heterocycles. The number of hydrogen-bond donors (Lipinski definition) is 1. The Morgan fingerprint density at radius 1 is 1.60 bits per heavy atom. The molecule has 0 radical (unpaired) electrons. The van der Waals surface area contributed by atoms with Crippen molar-refractivity contribution in [3.8, 4) is 0 Å². The van der Waals surface area contributed by atoms with Crippen molar-refractivity contribution < 1.29 is 5.11 Å². The van der Waals surface area contributed by atoms with Crippen molar-refractivity contribution in [3.05, 3.63) is 0 Å². The van der Waals surface area contributed by atoms with Gasteiger partial charge in [-0.05, 0) is 24.5 Å². The van der Waals surface area contributed by atoms with Crippen LogP contribution in [0.3, 0.4) is 0 Å². The van der Waals surface area contributed by atoms with Crippen LogP contribution in [0.1, 0.15) is 26.7 Å². The van der Waals surface area contributed by atoms with E-state index < -0.39 is 0 Å². The Morgan fingerprint density at radius 2 is 2.30 bits per heavy atom. The zero-order valence-electron chi connectivity index (χ0n) is 6.71. The molecule has 1 fully saturated rings. The molecule has 1 heterocycles. The molecule has 60 valence electrons. The van der Waals surface area contributed by atoms with Gasteiger partial charge in [0, 0.05) is 5.25 Å². The standard InChI is InChI=1S/C8H16OS/c1-6(2)5-8-7(9)3-4-10-8/h6-9H,3-5H2,1-2H3/t7-,8-/m0/s1. The molecule has 0 amide bonds. The first kappa shape index (κ1) is 8.41. The van der Waals surface area contributed by atoms with Gasteiger partial charge in [-0.25, -0.2) is 0 Å². The lowest BCUT2D eigenvalue weighted by molar-refractivity contribution is 0.168. The summed E-state index contributed by atoms with van der Waals surface area (Å²) < 4.78 is 0. The zero-order chi connectivity index (χ0) is 7.56. The summed E-state index contributed by atoms with van der Waals surface area (Å²) in [4.78, 5) is 0. The number of aliphatic hydroxyl groups excluding tert-OH is 1. The molecule has 0 aromatic heterocycles. The molecule has 0 unspecified atom stereocenters. The minimum absolute atomic E-state index is 0.0209.